The van der Waals surface area contributed by atoms with Crippen LogP contribution in [0, 0.1) is 16.7 Å². The van der Waals surface area contributed by atoms with Crippen molar-refractivity contribution >= 4 is 0 Å². The van der Waals surface area contributed by atoms with Crippen LogP contribution in [0.3, 0.4) is 0 Å². The van der Waals surface area contributed by atoms with Gasteiger partial charge in [0, 0.05) is 48.6 Å². The average Bonchev–Trinajstić information content (AvgIpc) is 3.11. The molecule has 3 heterocycles. The highest BCUT2D eigenvalue weighted by molar-refractivity contribution is 5.55. The van der Waals surface area contributed by atoms with Crippen molar-refractivity contribution in [3.63, 3.8) is 0 Å². The second-order valence-electron chi connectivity index (χ2n) is 11.4. The van der Waals surface area contributed by atoms with Gasteiger partial charge in [0.2, 0.25) is 0 Å². The maximum Gasteiger partial charge on any atom is 0.417 e. The van der Waals surface area contributed by atoms with Crippen molar-refractivity contribution in [2.24, 2.45) is 5.41 Å². The molecule has 5 nitrogen and oxygen atoms in total. The molecule has 2 atom stereocenters. The molecule has 1 spiro atoms. The van der Waals surface area contributed by atoms with Gasteiger partial charge in [0.1, 0.15) is 6.10 Å². The van der Waals surface area contributed by atoms with Gasteiger partial charge in [-0.05, 0) is 47.4 Å². The SMILES string of the molecule is CC(C)c1nc2c(c3c1C(c1ccc(C(F)(F)F)c(C#N)c1)OC31CCOCC1)C(O)CC(C)(C)C2. The van der Waals surface area contributed by atoms with Gasteiger partial charge in [-0.1, -0.05) is 33.8 Å². The molecule has 192 valence electrons. The van der Waals surface area contributed by atoms with Crippen molar-refractivity contribution in [1.82, 2.24) is 4.98 Å². The third kappa shape index (κ3) is 4.02. The molecular weight excluding hydrogens is 469 g/mol. The Morgan fingerprint density at radius 2 is 1.86 bits per heavy atom. The number of hydrogen-bond donors (Lipinski definition) is 1. The first-order valence-corrected chi connectivity index (χ1v) is 12.5. The van der Waals surface area contributed by atoms with Gasteiger partial charge in [-0.25, -0.2) is 0 Å². The zero-order chi connectivity index (χ0) is 26.0. The summed E-state index contributed by atoms with van der Waals surface area (Å²) in [7, 11) is 0. The molecule has 1 saturated heterocycles. The lowest BCUT2D eigenvalue weighted by Gasteiger charge is -2.40. The van der Waals surface area contributed by atoms with E-state index in [1.165, 1.54) is 12.1 Å². The van der Waals surface area contributed by atoms with Crippen LogP contribution in [0.2, 0.25) is 0 Å². The van der Waals surface area contributed by atoms with Gasteiger partial charge >= 0.3 is 6.18 Å². The number of benzene rings is 1. The molecule has 0 bridgehead atoms. The fourth-order valence-electron chi connectivity index (χ4n) is 6.24. The molecule has 8 heteroatoms. The molecule has 3 aliphatic rings. The molecule has 2 unspecified atom stereocenters. The Morgan fingerprint density at radius 1 is 1.17 bits per heavy atom. The summed E-state index contributed by atoms with van der Waals surface area (Å²) in [5.41, 5.74) is 2.53. The fourth-order valence-corrected chi connectivity index (χ4v) is 6.24. The molecule has 1 aromatic heterocycles. The maximum atomic E-state index is 13.5. The molecule has 0 radical (unpaired) electrons. The summed E-state index contributed by atoms with van der Waals surface area (Å²) in [6, 6.07) is 5.37. The number of hydrogen-bond acceptors (Lipinski definition) is 5. The number of fused-ring (bicyclic) bond motifs is 4. The molecule has 2 aliphatic heterocycles. The average molecular weight is 501 g/mol. The van der Waals surface area contributed by atoms with Gasteiger partial charge in [0.25, 0.3) is 0 Å². The molecule has 1 fully saturated rings. The van der Waals surface area contributed by atoms with Gasteiger partial charge in [-0.15, -0.1) is 0 Å². The van der Waals surface area contributed by atoms with E-state index in [0.29, 0.717) is 38.0 Å². The molecule has 0 saturated carbocycles. The van der Waals surface area contributed by atoms with Crippen LogP contribution < -0.4 is 0 Å². The summed E-state index contributed by atoms with van der Waals surface area (Å²) in [6.07, 6.45) is -3.56. The Kier molecular flexibility index (Phi) is 5.98. The summed E-state index contributed by atoms with van der Waals surface area (Å²) >= 11 is 0. The third-order valence-electron chi connectivity index (χ3n) is 7.79. The van der Waals surface area contributed by atoms with Crippen molar-refractivity contribution in [3.8, 4) is 6.07 Å². The van der Waals surface area contributed by atoms with Crippen LogP contribution in [0.1, 0.15) is 110 Å². The minimum Gasteiger partial charge on any atom is -0.388 e. The summed E-state index contributed by atoms with van der Waals surface area (Å²) in [5.74, 6) is 0.0252. The number of rotatable bonds is 2. The molecule has 1 N–H and O–H groups in total. The van der Waals surface area contributed by atoms with Crippen LogP contribution in [0.15, 0.2) is 18.2 Å². The molecule has 1 aromatic carbocycles. The lowest BCUT2D eigenvalue weighted by Crippen LogP contribution is -2.37. The number of nitrogens with zero attached hydrogens (tertiary/aromatic N) is 2. The van der Waals surface area contributed by atoms with E-state index in [1.54, 1.807) is 6.07 Å². The van der Waals surface area contributed by atoms with Crippen LogP contribution in [-0.4, -0.2) is 23.3 Å². The third-order valence-corrected chi connectivity index (χ3v) is 7.79. The monoisotopic (exact) mass is 500 g/mol. The van der Waals surface area contributed by atoms with E-state index in [1.807, 2.05) is 13.8 Å². The lowest BCUT2D eigenvalue weighted by molar-refractivity contribution is -0.138. The number of aromatic nitrogens is 1. The summed E-state index contributed by atoms with van der Waals surface area (Å²) < 4.78 is 53.0. The molecule has 5 rings (SSSR count). The van der Waals surface area contributed by atoms with Gasteiger partial charge < -0.3 is 14.6 Å². The van der Waals surface area contributed by atoms with Crippen LogP contribution in [-0.2, 0) is 27.7 Å². The Bertz CT molecular complexity index is 1240. The lowest BCUT2D eigenvalue weighted by atomic mass is 9.70. The smallest absolute Gasteiger partial charge is 0.388 e. The van der Waals surface area contributed by atoms with Crippen molar-refractivity contribution < 1.29 is 27.8 Å². The van der Waals surface area contributed by atoms with Crippen molar-refractivity contribution in [2.45, 2.75) is 83.3 Å². The quantitative estimate of drug-likeness (QED) is 0.529. The van der Waals surface area contributed by atoms with E-state index in [0.717, 1.165) is 40.6 Å². The first kappa shape index (κ1) is 25.2. The standard InChI is InChI=1S/C28H31F3N2O3/c1-15(2)24-22-23(21-19(33-24)12-26(3,4)13-20(21)34)27(7-9-35-10-8-27)36-25(22)16-5-6-18(28(29,30)31)17(11-16)14-32/h5-6,11,15,20,25,34H,7-10,12-13H2,1-4H3. The molecule has 1 aliphatic carbocycles. The van der Waals surface area contributed by atoms with Gasteiger partial charge in [0.05, 0.1) is 28.9 Å². The normalized spacial score (nSPS) is 24.4. The number of aliphatic hydroxyl groups is 1. The number of ether oxygens (including phenoxy) is 2. The van der Waals surface area contributed by atoms with E-state index < -0.39 is 35.1 Å². The minimum atomic E-state index is -4.62. The summed E-state index contributed by atoms with van der Waals surface area (Å²) in [6.45, 7) is 9.30. The Labute approximate surface area is 209 Å². The van der Waals surface area contributed by atoms with Gasteiger partial charge in [0.15, 0.2) is 0 Å². The number of pyridine rings is 1. The zero-order valence-corrected chi connectivity index (χ0v) is 21.0. The molecule has 2 aromatic rings. The maximum absolute atomic E-state index is 13.5. The number of halogens is 3. The van der Waals surface area contributed by atoms with E-state index in [9.17, 15) is 23.5 Å². The zero-order valence-electron chi connectivity index (χ0n) is 21.0. The van der Waals surface area contributed by atoms with Crippen LogP contribution in [0.25, 0.3) is 0 Å². The van der Waals surface area contributed by atoms with Crippen LogP contribution in [0.4, 0.5) is 13.2 Å². The van der Waals surface area contributed by atoms with Gasteiger partial charge in [-0.2, -0.15) is 18.4 Å². The second-order valence-corrected chi connectivity index (χ2v) is 11.4. The Hall–Kier alpha value is -2.47. The Balaban J connectivity index is 1.77. The summed E-state index contributed by atoms with van der Waals surface area (Å²) in [5, 5.41) is 20.9. The van der Waals surface area contributed by atoms with E-state index >= 15 is 0 Å². The molecular formula is C28H31F3N2O3. The first-order valence-electron chi connectivity index (χ1n) is 12.5. The van der Waals surface area contributed by atoms with Crippen molar-refractivity contribution in [3.05, 3.63) is 63.0 Å². The summed E-state index contributed by atoms with van der Waals surface area (Å²) in [4.78, 5) is 5.07. The van der Waals surface area contributed by atoms with E-state index in [4.69, 9.17) is 14.5 Å². The molecule has 36 heavy (non-hydrogen) atoms. The van der Waals surface area contributed by atoms with Crippen molar-refractivity contribution in [2.75, 3.05) is 13.2 Å². The van der Waals surface area contributed by atoms with E-state index in [-0.39, 0.29) is 11.3 Å². The number of nitriles is 1. The van der Waals surface area contributed by atoms with Crippen LogP contribution in [0.5, 0.6) is 0 Å². The Morgan fingerprint density at radius 3 is 2.47 bits per heavy atom. The van der Waals surface area contributed by atoms with Crippen molar-refractivity contribution in [1.29, 1.82) is 5.26 Å². The van der Waals surface area contributed by atoms with Gasteiger partial charge in [-0.3, -0.25) is 4.98 Å². The highest BCUT2D eigenvalue weighted by Gasteiger charge is 2.52. The predicted molar refractivity (Wildman–Crippen MR) is 126 cm³/mol. The highest BCUT2D eigenvalue weighted by atomic mass is 19.4. The number of alkyl halides is 3. The van der Waals surface area contributed by atoms with Crippen LogP contribution >= 0.6 is 0 Å². The second kappa shape index (κ2) is 8.54. The fraction of sp³-hybridized carbons (Fsp3) is 0.571. The first-order chi connectivity index (χ1) is 16.9. The van der Waals surface area contributed by atoms with E-state index in [2.05, 4.69) is 13.8 Å². The number of aliphatic hydroxyl groups excluding tert-OH is 1. The molecule has 0 amide bonds. The highest BCUT2D eigenvalue weighted by Crippen LogP contribution is 2.57. The topological polar surface area (TPSA) is 75.4 Å². The predicted octanol–water partition coefficient (Wildman–Crippen LogP) is 6.23. The minimum absolute atomic E-state index is 0.0252. The largest absolute Gasteiger partial charge is 0.417 e.